The highest BCUT2D eigenvalue weighted by atomic mass is 79.9. The first-order valence-electron chi connectivity index (χ1n) is 6.59. The second-order valence-electron chi connectivity index (χ2n) is 4.45. The van der Waals surface area contributed by atoms with Crippen LogP contribution >= 0.6 is 31.9 Å². The molecule has 2 aromatic rings. The second-order valence-corrected chi connectivity index (χ2v) is 6.22. The summed E-state index contributed by atoms with van der Waals surface area (Å²) in [5, 5.41) is 2.88. The summed E-state index contributed by atoms with van der Waals surface area (Å²) in [4.78, 5) is 12.3. The molecule has 0 spiro atoms. The normalized spacial score (nSPS) is 10.2. The van der Waals surface area contributed by atoms with E-state index in [-0.39, 0.29) is 5.91 Å². The summed E-state index contributed by atoms with van der Waals surface area (Å²) >= 11 is 6.81. The number of benzene rings is 2. The second kappa shape index (κ2) is 7.61. The topological polar surface area (TPSA) is 38.3 Å². The Kier molecular flexibility index (Phi) is 5.82. The average molecular weight is 413 g/mol. The van der Waals surface area contributed by atoms with Crippen LogP contribution in [0.1, 0.15) is 23.7 Å². The number of carbonyl (C=O) groups excluding carboxylic acids is 1. The van der Waals surface area contributed by atoms with Crippen molar-refractivity contribution >= 4 is 43.5 Å². The number of nitrogens with one attached hydrogen (secondary N) is 1. The Bertz CT molecular complexity index is 644. The SMILES string of the molecule is CCCOc1cccc(C(=O)Nc2cc(Br)ccc2Br)c1. The summed E-state index contributed by atoms with van der Waals surface area (Å²) in [7, 11) is 0. The number of carbonyl (C=O) groups is 1. The molecule has 0 heterocycles. The molecule has 3 nitrogen and oxygen atoms in total. The maximum Gasteiger partial charge on any atom is 0.255 e. The van der Waals surface area contributed by atoms with Gasteiger partial charge in [0.05, 0.1) is 12.3 Å². The first-order chi connectivity index (χ1) is 10.1. The van der Waals surface area contributed by atoms with Crippen LogP contribution in [-0.2, 0) is 0 Å². The number of ether oxygens (including phenoxy) is 1. The van der Waals surface area contributed by atoms with Crippen molar-refractivity contribution < 1.29 is 9.53 Å². The van der Waals surface area contributed by atoms with E-state index in [9.17, 15) is 4.79 Å². The van der Waals surface area contributed by atoms with E-state index in [0.717, 1.165) is 15.4 Å². The molecule has 0 saturated heterocycles. The third kappa shape index (κ3) is 4.58. The Balaban J connectivity index is 2.14. The molecular formula is C16H15Br2NO2. The Morgan fingerprint density at radius 1 is 1.19 bits per heavy atom. The molecule has 2 rings (SSSR count). The standard InChI is InChI=1S/C16H15Br2NO2/c1-2-8-21-13-5-3-4-11(9-13)16(20)19-15-10-12(17)6-7-14(15)18/h3-7,9-10H,2,8H2,1H3,(H,19,20). The van der Waals surface area contributed by atoms with Gasteiger partial charge in [0.1, 0.15) is 5.75 Å². The molecule has 0 fully saturated rings. The lowest BCUT2D eigenvalue weighted by molar-refractivity contribution is 0.102. The monoisotopic (exact) mass is 411 g/mol. The van der Waals surface area contributed by atoms with Crippen molar-refractivity contribution in [2.24, 2.45) is 0 Å². The van der Waals surface area contributed by atoms with Gasteiger partial charge in [-0.15, -0.1) is 0 Å². The van der Waals surface area contributed by atoms with Gasteiger partial charge < -0.3 is 10.1 Å². The predicted octanol–water partition coefficient (Wildman–Crippen LogP) is 5.25. The number of rotatable bonds is 5. The van der Waals surface area contributed by atoms with E-state index in [4.69, 9.17) is 4.74 Å². The molecule has 0 aromatic heterocycles. The van der Waals surface area contributed by atoms with Crippen LogP contribution in [0.2, 0.25) is 0 Å². The smallest absolute Gasteiger partial charge is 0.255 e. The van der Waals surface area contributed by atoms with Crippen molar-refractivity contribution in [1.29, 1.82) is 0 Å². The van der Waals surface area contributed by atoms with E-state index in [1.165, 1.54) is 0 Å². The van der Waals surface area contributed by atoms with Crippen molar-refractivity contribution in [3.63, 3.8) is 0 Å². The average Bonchev–Trinajstić information content (AvgIpc) is 2.49. The number of halogens is 2. The van der Waals surface area contributed by atoms with Crippen molar-refractivity contribution in [3.05, 3.63) is 57.0 Å². The summed E-state index contributed by atoms with van der Waals surface area (Å²) in [6.07, 6.45) is 0.932. The van der Waals surface area contributed by atoms with Gasteiger partial charge in [0.2, 0.25) is 0 Å². The first-order valence-corrected chi connectivity index (χ1v) is 8.18. The van der Waals surface area contributed by atoms with Gasteiger partial charge >= 0.3 is 0 Å². The van der Waals surface area contributed by atoms with Crippen molar-refractivity contribution in [2.45, 2.75) is 13.3 Å². The number of hydrogen-bond acceptors (Lipinski definition) is 2. The third-order valence-electron chi connectivity index (χ3n) is 2.75. The molecule has 21 heavy (non-hydrogen) atoms. The van der Waals surface area contributed by atoms with E-state index < -0.39 is 0 Å². The van der Waals surface area contributed by atoms with Gasteiger partial charge in [-0.05, 0) is 58.7 Å². The van der Waals surface area contributed by atoms with E-state index in [0.29, 0.717) is 23.6 Å². The van der Waals surface area contributed by atoms with Crippen LogP contribution in [0.4, 0.5) is 5.69 Å². The van der Waals surface area contributed by atoms with Crippen molar-refractivity contribution in [2.75, 3.05) is 11.9 Å². The highest BCUT2D eigenvalue weighted by Gasteiger charge is 2.09. The largest absolute Gasteiger partial charge is 0.494 e. The fraction of sp³-hybridized carbons (Fsp3) is 0.188. The molecule has 0 saturated carbocycles. The van der Waals surface area contributed by atoms with E-state index in [2.05, 4.69) is 37.2 Å². The van der Waals surface area contributed by atoms with E-state index in [1.54, 1.807) is 12.1 Å². The summed E-state index contributed by atoms with van der Waals surface area (Å²) in [5.74, 6) is 0.536. The number of amides is 1. The summed E-state index contributed by atoms with van der Waals surface area (Å²) in [6, 6.07) is 12.8. The van der Waals surface area contributed by atoms with Crippen LogP contribution in [-0.4, -0.2) is 12.5 Å². The lowest BCUT2D eigenvalue weighted by Gasteiger charge is -2.09. The molecule has 1 N–H and O–H groups in total. The molecule has 0 radical (unpaired) electrons. The highest BCUT2D eigenvalue weighted by molar-refractivity contribution is 9.11. The molecule has 2 aromatic carbocycles. The summed E-state index contributed by atoms with van der Waals surface area (Å²) < 4.78 is 7.28. The van der Waals surface area contributed by atoms with Crippen LogP contribution in [0, 0.1) is 0 Å². The molecule has 0 unspecified atom stereocenters. The van der Waals surface area contributed by atoms with Crippen LogP contribution in [0.3, 0.4) is 0 Å². The van der Waals surface area contributed by atoms with Gasteiger partial charge in [-0.2, -0.15) is 0 Å². The van der Waals surface area contributed by atoms with E-state index >= 15 is 0 Å². The maximum absolute atomic E-state index is 12.3. The van der Waals surface area contributed by atoms with Gasteiger partial charge in [0.25, 0.3) is 5.91 Å². The minimum absolute atomic E-state index is 0.171. The summed E-state index contributed by atoms with van der Waals surface area (Å²) in [5.41, 5.74) is 1.28. The zero-order chi connectivity index (χ0) is 15.2. The van der Waals surface area contributed by atoms with Crippen molar-refractivity contribution in [1.82, 2.24) is 0 Å². The highest BCUT2D eigenvalue weighted by Crippen LogP contribution is 2.27. The van der Waals surface area contributed by atoms with Gasteiger partial charge in [-0.1, -0.05) is 28.9 Å². The number of anilines is 1. The molecule has 0 aliphatic carbocycles. The van der Waals surface area contributed by atoms with Crippen molar-refractivity contribution in [3.8, 4) is 5.75 Å². The van der Waals surface area contributed by atoms with Crippen LogP contribution in [0.25, 0.3) is 0 Å². The Morgan fingerprint density at radius 2 is 2.00 bits per heavy atom. The Morgan fingerprint density at radius 3 is 2.76 bits per heavy atom. The fourth-order valence-electron chi connectivity index (χ4n) is 1.73. The minimum Gasteiger partial charge on any atom is -0.494 e. The lowest BCUT2D eigenvalue weighted by atomic mass is 10.2. The van der Waals surface area contributed by atoms with Gasteiger partial charge in [0.15, 0.2) is 0 Å². The molecule has 110 valence electrons. The molecule has 5 heteroatoms. The van der Waals surface area contributed by atoms with Crippen LogP contribution in [0.5, 0.6) is 5.75 Å². The zero-order valence-corrected chi connectivity index (χ0v) is 14.7. The first kappa shape index (κ1) is 16.0. The molecule has 0 aliphatic rings. The molecule has 0 atom stereocenters. The maximum atomic E-state index is 12.3. The van der Waals surface area contributed by atoms with Gasteiger partial charge in [0, 0.05) is 14.5 Å². The van der Waals surface area contributed by atoms with Gasteiger partial charge in [-0.3, -0.25) is 4.79 Å². The molecule has 0 aliphatic heterocycles. The molecular weight excluding hydrogens is 398 g/mol. The summed E-state index contributed by atoms with van der Waals surface area (Å²) in [6.45, 7) is 2.68. The van der Waals surface area contributed by atoms with Gasteiger partial charge in [-0.25, -0.2) is 0 Å². The Hall–Kier alpha value is -1.33. The number of hydrogen-bond donors (Lipinski definition) is 1. The predicted molar refractivity (Wildman–Crippen MR) is 92.0 cm³/mol. The molecule has 1 amide bonds. The van der Waals surface area contributed by atoms with Crippen LogP contribution in [0.15, 0.2) is 51.4 Å². The minimum atomic E-state index is -0.171. The quantitative estimate of drug-likeness (QED) is 0.727. The fourth-order valence-corrected chi connectivity index (χ4v) is 2.44. The zero-order valence-electron chi connectivity index (χ0n) is 11.5. The third-order valence-corrected chi connectivity index (χ3v) is 3.93. The lowest BCUT2D eigenvalue weighted by Crippen LogP contribution is -2.12. The Labute approximate surface area is 141 Å². The molecule has 0 bridgehead atoms. The van der Waals surface area contributed by atoms with E-state index in [1.807, 2.05) is 37.3 Å². The van der Waals surface area contributed by atoms with Crippen LogP contribution < -0.4 is 10.1 Å².